The SMILES string of the molecule is CC1CCN(c2n[nH]c(-c3sccc3Br)n2)CC1N. The van der Waals surface area contributed by atoms with Crippen LogP contribution in [0.3, 0.4) is 0 Å². The molecule has 102 valence electrons. The van der Waals surface area contributed by atoms with Crippen LogP contribution in [0, 0.1) is 5.92 Å². The lowest BCUT2D eigenvalue weighted by molar-refractivity contribution is 0.376. The number of nitrogens with zero attached hydrogens (tertiary/aromatic N) is 3. The maximum atomic E-state index is 6.12. The first-order chi connectivity index (χ1) is 9.15. The summed E-state index contributed by atoms with van der Waals surface area (Å²) in [6, 6.07) is 2.21. The third kappa shape index (κ3) is 2.54. The molecule has 19 heavy (non-hydrogen) atoms. The van der Waals surface area contributed by atoms with Gasteiger partial charge >= 0.3 is 0 Å². The zero-order valence-electron chi connectivity index (χ0n) is 10.6. The topological polar surface area (TPSA) is 70.8 Å². The minimum Gasteiger partial charge on any atom is -0.338 e. The van der Waals surface area contributed by atoms with Crippen molar-refractivity contribution in [2.45, 2.75) is 19.4 Å². The second-order valence-corrected chi connectivity index (χ2v) is 6.73. The van der Waals surface area contributed by atoms with Gasteiger partial charge in [-0.15, -0.1) is 16.4 Å². The van der Waals surface area contributed by atoms with Crippen LogP contribution in [0.2, 0.25) is 0 Å². The van der Waals surface area contributed by atoms with E-state index in [1.807, 2.05) is 11.4 Å². The molecule has 0 saturated carbocycles. The average Bonchev–Trinajstić information content (AvgIpc) is 3.01. The summed E-state index contributed by atoms with van der Waals surface area (Å²) in [4.78, 5) is 7.82. The number of hydrogen-bond donors (Lipinski definition) is 2. The van der Waals surface area contributed by atoms with E-state index in [2.05, 4.69) is 42.9 Å². The number of aromatic nitrogens is 3. The number of hydrogen-bond acceptors (Lipinski definition) is 5. The highest BCUT2D eigenvalue weighted by Crippen LogP contribution is 2.32. The molecule has 2 aromatic heterocycles. The third-order valence-corrected chi connectivity index (χ3v) is 5.45. The lowest BCUT2D eigenvalue weighted by Crippen LogP contribution is -2.48. The molecule has 1 aliphatic heterocycles. The van der Waals surface area contributed by atoms with Gasteiger partial charge < -0.3 is 10.6 Å². The Hall–Kier alpha value is -0.920. The fourth-order valence-corrected chi connectivity index (χ4v) is 3.74. The molecule has 0 radical (unpaired) electrons. The number of aromatic amines is 1. The molecule has 3 rings (SSSR count). The number of nitrogens with one attached hydrogen (secondary N) is 1. The lowest BCUT2D eigenvalue weighted by atomic mass is 9.95. The Labute approximate surface area is 124 Å². The van der Waals surface area contributed by atoms with Crippen molar-refractivity contribution in [2.75, 3.05) is 18.0 Å². The highest BCUT2D eigenvalue weighted by molar-refractivity contribution is 9.10. The van der Waals surface area contributed by atoms with E-state index in [-0.39, 0.29) is 6.04 Å². The molecule has 0 bridgehead atoms. The minimum atomic E-state index is 0.198. The van der Waals surface area contributed by atoms with Gasteiger partial charge in [0.25, 0.3) is 0 Å². The smallest absolute Gasteiger partial charge is 0.245 e. The van der Waals surface area contributed by atoms with E-state index in [0.29, 0.717) is 5.92 Å². The molecule has 2 unspecified atom stereocenters. The van der Waals surface area contributed by atoms with E-state index in [4.69, 9.17) is 5.73 Å². The van der Waals surface area contributed by atoms with Gasteiger partial charge in [-0.05, 0) is 39.7 Å². The van der Waals surface area contributed by atoms with E-state index >= 15 is 0 Å². The van der Waals surface area contributed by atoms with Crippen molar-refractivity contribution in [3.05, 3.63) is 15.9 Å². The van der Waals surface area contributed by atoms with Crippen molar-refractivity contribution in [1.29, 1.82) is 0 Å². The summed E-state index contributed by atoms with van der Waals surface area (Å²) >= 11 is 5.15. The zero-order chi connectivity index (χ0) is 13.4. The average molecular weight is 342 g/mol. The van der Waals surface area contributed by atoms with Gasteiger partial charge in [0.15, 0.2) is 5.82 Å². The largest absolute Gasteiger partial charge is 0.338 e. The normalized spacial score (nSPS) is 23.8. The molecular weight excluding hydrogens is 326 g/mol. The Morgan fingerprint density at radius 2 is 2.42 bits per heavy atom. The quantitative estimate of drug-likeness (QED) is 0.880. The van der Waals surface area contributed by atoms with Gasteiger partial charge in [-0.1, -0.05) is 6.92 Å². The van der Waals surface area contributed by atoms with Crippen molar-refractivity contribution < 1.29 is 0 Å². The summed E-state index contributed by atoms with van der Waals surface area (Å²) in [5.41, 5.74) is 6.12. The van der Waals surface area contributed by atoms with Crippen LogP contribution < -0.4 is 10.6 Å². The van der Waals surface area contributed by atoms with Crippen LogP contribution in [0.25, 0.3) is 10.7 Å². The van der Waals surface area contributed by atoms with Crippen molar-refractivity contribution >= 4 is 33.2 Å². The molecule has 0 spiro atoms. The van der Waals surface area contributed by atoms with E-state index in [9.17, 15) is 0 Å². The Bertz CT molecular complexity index is 566. The minimum absolute atomic E-state index is 0.198. The van der Waals surface area contributed by atoms with Gasteiger partial charge in [0, 0.05) is 23.6 Å². The first-order valence-corrected chi connectivity index (χ1v) is 7.98. The Morgan fingerprint density at radius 1 is 1.58 bits per heavy atom. The third-order valence-electron chi connectivity index (χ3n) is 3.61. The summed E-state index contributed by atoms with van der Waals surface area (Å²) in [5.74, 6) is 2.13. The molecule has 2 atom stereocenters. The summed E-state index contributed by atoms with van der Waals surface area (Å²) in [5, 5.41) is 9.35. The molecule has 1 saturated heterocycles. The summed E-state index contributed by atoms with van der Waals surface area (Å²) in [6.07, 6.45) is 1.09. The second-order valence-electron chi connectivity index (χ2n) is 4.96. The van der Waals surface area contributed by atoms with Crippen molar-refractivity contribution in [1.82, 2.24) is 15.2 Å². The Morgan fingerprint density at radius 3 is 3.11 bits per heavy atom. The number of piperidine rings is 1. The molecule has 2 aromatic rings. The molecule has 3 heterocycles. The number of H-pyrrole nitrogens is 1. The van der Waals surface area contributed by atoms with Gasteiger partial charge in [-0.2, -0.15) is 4.98 Å². The first-order valence-electron chi connectivity index (χ1n) is 6.31. The van der Waals surface area contributed by atoms with Crippen LogP contribution in [0.5, 0.6) is 0 Å². The van der Waals surface area contributed by atoms with E-state index in [0.717, 1.165) is 40.6 Å². The number of nitrogens with two attached hydrogens (primary N) is 1. The predicted octanol–water partition coefficient (Wildman–Crippen LogP) is 2.47. The van der Waals surface area contributed by atoms with Crippen LogP contribution in [0.15, 0.2) is 15.9 Å². The van der Waals surface area contributed by atoms with Crippen LogP contribution in [0.1, 0.15) is 13.3 Å². The van der Waals surface area contributed by atoms with Gasteiger partial charge in [-0.3, -0.25) is 5.10 Å². The maximum Gasteiger partial charge on any atom is 0.245 e. The van der Waals surface area contributed by atoms with Gasteiger partial charge in [0.2, 0.25) is 5.95 Å². The molecule has 1 fully saturated rings. The van der Waals surface area contributed by atoms with Crippen LogP contribution in [-0.4, -0.2) is 34.3 Å². The standard InChI is InChI=1S/C12H16BrN5S/c1-7-2-4-18(6-9(7)14)12-15-11(16-17-12)10-8(13)3-5-19-10/h3,5,7,9H,2,4,6,14H2,1H3,(H,15,16,17). The number of rotatable bonds is 2. The zero-order valence-corrected chi connectivity index (χ0v) is 13.0. The predicted molar refractivity (Wildman–Crippen MR) is 81.4 cm³/mol. The van der Waals surface area contributed by atoms with Crippen molar-refractivity contribution in [2.24, 2.45) is 11.7 Å². The number of halogens is 1. The Kier molecular flexibility index (Phi) is 3.60. The number of thiophene rings is 1. The maximum absolute atomic E-state index is 6.12. The highest BCUT2D eigenvalue weighted by atomic mass is 79.9. The van der Waals surface area contributed by atoms with E-state index in [1.165, 1.54) is 0 Å². The van der Waals surface area contributed by atoms with Gasteiger partial charge in [0.05, 0.1) is 4.88 Å². The number of anilines is 1. The molecule has 0 amide bonds. The molecule has 0 aliphatic carbocycles. The van der Waals surface area contributed by atoms with Gasteiger partial charge in [-0.25, -0.2) is 0 Å². The molecule has 1 aliphatic rings. The molecule has 5 nitrogen and oxygen atoms in total. The second kappa shape index (κ2) is 5.22. The molecule has 7 heteroatoms. The van der Waals surface area contributed by atoms with Gasteiger partial charge in [0.1, 0.15) is 0 Å². The monoisotopic (exact) mass is 341 g/mol. The highest BCUT2D eigenvalue weighted by Gasteiger charge is 2.25. The van der Waals surface area contributed by atoms with Crippen molar-refractivity contribution in [3.63, 3.8) is 0 Å². The van der Waals surface area contributed by atoms with Crippen molar-refractivity contribution in [3.8, 4) is 10.7 Å². The fraction of sp³-hybridized carbons (Fsp3) is 0.500. The summed E-state index contributed by atoms with van der Waals surface area (Å²) in [7, 11) is 0. The fourth-order valence-electron chi connectivity index (χ4n) is 2.24. The molecular formula is C12H16BrN5S. The van der Waals surface area contributed by atoms with Crippen LogP contribution >= 0.6 is 27.3 Å². The summed E-state index contributed by atoms with van der Waals surface area (Å²) < 4.78 is 1.05. The van der Waals surface area contributed by atoms with E-state index in [1.54, 1.807) is 11.3 Å². The van der Waals surface area contributed by atoms with Crippen LogP contribution in [0.4, 0.5) is 5.95 Å². The lowest BCUT2D eigenvalue weighted by Gasteiger charge is -2.34. The van der Waals surface area contributed by atoms with E-state index < -0.39 is 0 Å². The summed E-state index contributed by atoms with van der Waals surface area (Å²) in [6.45, 7) is 4.00. The molecule has 0 aromatic carbocycles. The first kappa shape index (κ1) is 13.1. The Balaban J connectivity index is 1.80. The van der Waals surface area contributed by atoms with Crippen LogP contribution in [-0.2, 0) is 0 Å². The molecule has 3 N–H and O–H groups in total.